The molecule has 1 aliphatic heterocycles. The molecule has 19 heavy (non-hydrogen) atoms. The second-order valence-corrected chi connectivity index (χ2v) is 5.91. The quantitative estimate of drug-likeness (QED) is 0.776. The average molecular weight is 253 g/mol. The van der Waals surface area contributed by atoms with E-state index in [1.165, 1.54) is 27.6 Å². The van der Waals surface area contributed by atoms with Crippen LogP contribution in [0.4, 0.5) is 0 Å². The molecule has 2 atom stereocenters. The van der Waals surface area contributed by atoms with Crippen LogP contribution in [-0.2, 0) is 13.5 Å². The van der Waals surface area contributed by atoms with Crippen LogP contribution < -0.4 is 5.73 Å². The summed E-state index contributed by atoms with van der Waals surface area (Å²) in [5.74, 6) is 0. The van der Waals surface area contributed by atoms with Gasteiger partial charge in [-0.25, -0.2) is 0 Å². The van der Waals surface area contributed by atoms with Crippen molar-refractivity contribution in [3.8, 4) is 0 Å². The van der Waals surface area contributed by atoms with Gasteiger partial charge in [-0.15, -0.1) is 0 Å². The fourth-order valence-electron chi connectivity index (χ4n) is 3.77. The van der Waals surface area contributed by atoms with E-state index < -0.39 is 0 Å². The Hall–Kier alpha value is -1.58. The van der Waals surface area contributed by atoms with Crippen molar-refractivity contribution in [1.29, 1.82) is 0 Å². The van der Waals surface area contributed by atoms with E-state index in [2.05, 4.69) is 54.0 Å². The van der Waals surface area contributed by atoms with Crippen molar-refractivity contribution in [3.63, 3.8) is 0 Å². The molecule has 98 valence electrons. The number of hydrogen-bond donors (Lipinski definition) is 1. The van der Waals surface area contributed by atoms with Crippen molar-refractivity contribution in [2.75, 3.05) is 13.6 Å². The van der Waals surface area contributed by atoms with Crippen molar-refractivity contribution in [3.05, 3.63) is 41.6 Å². The lowest BCUT2D eigenvalue weighted by Gasteiger charge is -2.38. The number of likely N-dealkylation sites (N-methyl/N-ethyl adjacent to an activating group) is 1. The van der Waals surface area contributed by atoms with Crippen molar-refractivity contribution in [1.82, 2.24) is 9.47 Å². The molecule has 0 fully saturated rings. The van der Waals surface area contributed by atoms with Gasteiger partial charge in [-0.2, -0.15) is 0 Å². The van der Waals surface area contributed by atoms with E-state index in [0.717, 1.165) is 13.0 Å². The lowest BCUT2D eigenvalue weighted by atomic mass is 9.81. The van der Waals surface area contributed by atoms with E-state index in [1.807, 2.05) is 0 Å². The van der Waals surface area contributed by atoms with Crippen molar-refractivity contribution in [2.45, 2.75) is 18.5 Å². The Morgan fingerprint density at radius 1 is 1.26 bits per heavy atom. The molecule has 2 aromatic rings. The van der Waals surface area contributed by atoms with Crippen LogP contribution in [0.1, 0.15) is 11.1 Å². The highest BCUT2D eigenvalue weighted by Crippen LogP contribution is 2.40. The van der Waals surface area contributed by atoms with Crippen LogP contribution in [0.5, 0.6) is 0 Å². The normalized spacial score (nSPS) is 26.4. The number of hydrogen-bond acceptors (Lipinski definition) is 2. The van der Waals surface area contributed by atoms with Gasteiger partial charge in [0.15, 0.2) is 0 Å². The van der Waals surface area contributed by atoms with Crippen LogP contribution in [-0.4, -0.2) is 35.1 Å². The second-order valence-electron chi connectivity index (χ2n) is 5.91. The van der Waals surface area contributed by atoms with Gasteiger partial charge in [-0.3, -0.25) is 4.90 Å². The van der Waals surface area contributed by atoms with Gasteiger partial charge in [0, 0.05) is 42.8 Å². The first kappa shape index (κ1) is 11.3. The first-order valence-electron chi connectivity index (χ1n) is 6.90. The molecule has 4 rings (SSSR count). The Kier molecular flexibility index (Phi) is 2.20. The standard InChI is InChI=1S/C16H19N3/c1-18-8-10-6-15-13(7-11(17)9-19(15)2)12-4-3-5-14(18)16(10)12/h3-5,7-8,11,15H,6,9,17H2,1-2H3/t11-,15+/m0/s1. The molecule has 2 aliphatic rings. The number of aryl methyl sites for hydroxylation is 1. The summed E-state index contributed by atoms with van der Waals surface area (Å²) in [7, 11) is 4.32. The Bertz CT molecular complexity index is 695. The maximum Gasteiger partial charge on any atom is 0.0486 e. The van der Waals surface area contributed by atoms with E-state index in [0.29, 0.717) is 6.04 Å². The zero-order chi connectivity index (χ0) is 13.1. The Morgan fingerprint density at radius 2 is 2.11 bits per heavy atom. The molecule has 0 spiro atoms. The summed E-state index contributed by atoms with van der Waals surface area (Å²) >= 11 is 0. The summed E-state index contributed by atoms with van der Waals surface area (Å²) < 4.78 is 2.24. The van der Waals surface area contributed by atoms with E-state index in [-0.39, 0.29) is 6.04 Å². The van der Waals surface area contributed by atoms with E-state index >= 15 is 0 Å². The van der Waals surface area contributed by atoms with Gasteiger partial charge in [-0.05, 0) is 36.2 Å². The number of aromatic nitrogens is 1. The molecule has 1 aliphatic carbocycles. The van der Waals surface area contributed by atoms with Crippen LogP contribution in [0.25, 0.3) is 16.5 Å². The molecule has 0 unspecified atom stereocenters. The minimum absolute atomic E-state index is 0.150. The molecule has 2 N–H and O–H groups in total. The molecular formula is C16H19N3. The van der Waals surface area contributed by atoms with Gasteiger partial charge in [0.2, 0.25) is 0 Å². The molecule has 3 nitrogen and oxygen atoms in total. The minimum Gasteiger partial charge on any atom is -0.350 e. The van der Waals surface area contributed by atoms with Crippen LogP contribution in [0, 0.1) is 0 Å². The van der Waals surface area contributed by atoms with Crippen molar-refractivity contribution in [2.24, 2.45) is 12.8 Å². The third-order valence-corrected chi connectivity index (χ3v) is 4.60. The first-order chi connectivity index (χ1) is 9.15. The van der Waals surface area contributed by atoms with Gasteiger partial charge in [0.05, 0.1) is 0 Å². The number of benzene rings is 1. The molecule has 1 aromatic heterocycles. The minimum atomic E-state index is 0.150. The van der Waals surface area contributed by atoms with Gasteiger partial charge in [0.1, 0.15) is 0 Å². The lowest BCUT2D eigenvalue weighted by molar-refractivity contribution is 0.268. The topological polar surface area (TPSA) is 34.2 Å². The third-order valence-electron chi connectivity index (χ3n) is 4.60. The number of nitrogens with two attached hydrogens (primary N) is 1. The van der Waals surface area contributed by atoms with E-state index in [1.54, 1.807) is 0 Å². The lowest BCUT2D eigenvalue weighted by Crippen LogP contribution is -2.46. The number of rotatable bonds is 0. The summed E-state index contributed by atoms with van der Waals surface area (Å²) in [6.45, 7) is 0.951. The number of fused-ring (bicyclic) bond motifs is 2. The fourth-order valence-corrected chi connectivity index (χ4v) is 3.77. The molecular weight excluding hydrogens is 234 g/mol. The van der Waals surface area contributed by atoms with Crippen molar-refractivity contribution < 1.29 is 0 Å². The summed E-state index contributed by atoms with van der Waals surface area (Å²) in [5, 5.41) is 1.43. The van der Waals surface area contributed by atoms with Crippen LogP contribution in [0.15, 0.2) is 30.5 Å². The molecule has 0 saturated carbocycles. The molecule has 0 saturated heterocycles. The molecule has 3 heteroatoms. The van der Waals surface area contributed by atoms with E-state index in [9.17, 15) is 0 Å². The molecule has 0 amide bonds. The summed E-state index contributed by atoms with van der Waals surface area (Å²) in [6, 6.07) is 7.24. The van der Waals surface area contributed by atoms with Gasteiger partial charge in [-0.1, -0.05) is 18.2 Å². The van der Waals surface area contributed by atoms with Gasteiger partial charge in [0.25, 0.3) is 0 Å². The average Bonchev–Trinajstić information content (AvgIpc) is 2.70. The van der Waals surface area contributed by atoms with Crippen LogP contribution in [0.3, 0.4) is 0 Å². The predicted octanol–water partition coefficient (Wildman–Crippen LogP) is 1.76. The third kappa shape index (κ3) is 1.46. The summed E-state index contributed by atoms with van der Waals surface area (Å²) in [5.41, 5.74) is 11.8. The smallest absolute Gasteiger partial charge is 0.0486 e. The van der Waals surface area contributed by atoms with E-state index in [4.69, 9.17) is 5.73 Å². The SMILES string of the molecule is CN1C[C@@H](N)C=C2c3cccc4c3c(cn4C)C[C@H]21. The first-order valence-corrected chi connectivity index (χ1v) is 6.90. The predicted molar refractivity (Wildman–Crippen MR) is 79.0 cm³/mol. The Labute approximate surface area is 113 Å². The summed E-state index contributed by atoms with van der Waals surface area (Å²) in [6.07, 6.45) is 5.66. The van der Waals surface area contributed by atoms with Crippen molar-refractivity contribution >= 4 is 16.5 Å². The summed E-state index contributed by atoms with van der Waals surface area (Å²) in [4.78, 5) is 2.40. The number of nitrogens with zero attached hydrogens (tertiary/aromatic N) is 2. The zero-order valence-electron chi connectivity index (χ0n) is 11.4. The monoisotopic (exact) mass is 253 g/mol. The highest BCUT2D eigenvalue weighted by Gasteiger charge is 2.32. The van der Waals surface area contributed by atoms with Crippen LogP contribution >= 0.6 is 0 Å². The largest absolute Gasteiger partial charge is 0.350 e. The van der Waals surface area contributed by atoms with Gasteiger partial charge < -0.3 is 10.3 Å². The van der Waals surface area contributed by atoms with Crippen LogP contribution in [0.2, 0.25) is 0 Å². The maximum atomic E-state index is 6.16. The molecule has 0 bridgehead atoms. The maximum absolute atomic E-state index is 6.16. The molecule has 2 heterocycles. The fraction of sp³-hybridized carbons (Fsp3) is 0.375. The highest BCUT2D eigenvalue weighted by molar-refractivity contribution is 5.98. The zero-order valence-corrected chi connectivity index (χ0v) is 11.4. The highest BCUT2D eigenvalue weighted by atomic mass is 15.2. The Morgan fingerprint density at radius 3 is 2.95 bits per heavy atom. The second kappa shape index (κ2) is 3.71. The molecule has 0 radical (unpaired) electrons. The molecule has 1 aromatic carbocycles. The van der Waals surface area contributed by atoms with Gasteiger partial charge >= 0.3 is 0 Å². The Balaban J connectivity index is 2.04.